The minimum absolute atomic E-state index is 0.166. The van der Waals surface area contributed by atoms with Crippen LogP contribution >= 0.6 is 11.8 Å². The molecular formula is C21H23NO3S. The summed E-state index contributed by atoms with van der Waals surface area (Å²) >= 11 is 1.60. The molecule has 4 nitrogen and oxygen atoms in total. The van der Waals surface area contributed by atoms with Crippen molar-refractivity contribution >= 4 is 22.8 Å². The summed E-state index contributed by atoms with van der Waals surface area (Å²) in [7, 11) is 1.64. The maximum Gasteiger partial charge on any atom is 0.335 e. The Balaban J connectivity index is 1.93. The molecule has 0 aromatic heterocycles. The van der Waals surface area contributed by atoms with Crippen LogP contribution in [0.5, 0.6) is 5.75 Å². The largest absolute Gasteiger partial charge is 0.497 e. The van der Waals surface area contributed by atoms with Crippen molar-refractivity contribution in [2.24, 2.45) is 4.99 Å². The molecule has 0 aliphatic carbocycles. The SMILES string of the molecule is COc1ccc(C2=NC(Cc3ccccc3)(C(=O)OC(C)C)CS2)cc1. The molecular weight excluding hydrogens is 346 g/mol. The van der Waals surface area contributed by atoms with E-state index in [1.165, 1.54) is 0 Å². The lowest BCUT2D eigenvalue weighted by Crippen LogP contribution is -2.42. The first-order chi connectivity index (χ1) is 12.5. The molecule has 26 heavy (non-hydrogen) atoms. The first kappa shape index (κ1) is 18.5. The quantitative estimate of drug-likeness (QED) is 0.719. The molecule has 1 aliphatic rings. The van der Waals surface area contributed by atoms with E-state index in [9.17, 15) is 4.79 Å². The lowest BCUT2D eigenvalue weighted by Gasteiger charge is -2.24. The van der Waals surface area contributed by atoms with Crippen molar-refractivity contribution < 1.29 is 14.3 Å². The van der Waals surface area contributed by atoms with E-state index in [0.717, 1.165) is 21.9 Å². The molecule has 0 saturated carbocycles. The van der Waals surface area contributed by atoms with Crippen molar-refractivity contribution in [2.45, 2.75) is 31.9 Å². The Hall–Kier alpha value is -2.27. The van der Waals surface area contributed by atoms with E-state index >= 15 is 0 Å². The van der Waals surface area contributed by atoms with Crippen molar-refractivity contribution in [3.63, 3.8) is 0 Å². The molecule has 0 spiro atoms. The van der Waals surface area contributed by atoms with Crippen LogP contribution in [0.4, 0.5) is 0 Å². The molecule has 136 valence electrons. The number of hydrogen-bond donors (Lipinski definition) is 0. The Bertz CT molecular complexity index is 787. The topological polar surface area (TPSA) is 47.9 Å². The van der Waals surface area contributed by atoms with Gasteiger partial charge >= 0.3 is 5.97 Å². The zero-order chi connectivity index (χ0) is 18.6. The van der Waals surface area contributed by atoms with Gasteiger partial charge in [0.2, 0.25) is 0 Å². The number of esters is 1. The van der Waals surface area contributed by atoms with E-state index in [1.807, 2.05) is 68.4 Å². The number of carbonyl (C=O) groups excluding carboxylic acids is 1. The fourth-order valence-electron chi connectivity index (χ4n) is 2.85. The summed E-state index contributed by atoms with van der Waals surface area (Å²) in [6.45, 7) is 3.73. The summed E-state index contributed by atoms with van der Waals surface area (Å²) in [4.78, 5) is 17.8. The molecule has 0 fully saturated rings. The normalized spacial score (nSPS) is 19.3. The molecule has 1 unspecified atom stereocenters. The second-order valence-corrected chi connectivity index (χ2v) is 7.55. The van der Waals surface area contributed by atoms with Gasteiger partial charge in [0.1, 0.15) is 5.75 Å². The zero-order valence-electron chi connectivity index (χ0n) is 15.3. The summed E-state index contributed by atoms with van der Waals surface area (Å²) in [5.41, 5.74) is 1.18. The average molecular weight is 369 g/mol. The summed E-state index contributed by atoms with van der Waals surface area (Å²) < 4.78 is 10.8. The van der Waals surface area contributed by atoms with Crippen LogP contribution in [-0.2, 0) is 16.0 Å². The third-order valence-corrected chi connectivity index (χ3v) is 5.38. The van der Waals surface area contributed by atoms with Gasteiger partial charge in [-0.15, -0.1) is 11.8 Å². The molecule has 0 bridgehead atoms. The van der Waals surface area contributed by atoms with Crippen LogP contribution in [0, 0.1) is 0 Å². The predicted molar refractivity (Wildman–Crippen MR) is 106 cm³/mol. The van der Waals surface area contributed by atoms with Crippen molar-refractivity contribution in [1.82, 2.24) is 0 Å². The fraction of sp³-hybridized carbons (Fsp3) is 0.333. The van der Waals surface area contributed by atoms with Crippen LogP contribution in [0.25, 0.3) is 0 Å². The number of benzene rings is 2. The molecule has 0 N–H and O–H groups in total. The van der Waals surface area contributed by atoms with E-state index in [-0.39, 0.29) is 12.1 Å². The van der Waals surface area contributed by atoms with Gasteiger partial charge < -0.3 is 9.47 Å². The zero-order valence-corrected chi connectivity index (χ0v) is 16.1. The lowest BCUT2D eigenvalue weighted by atomic mass is 9.93. The van der Waals surface area contributed by atoms with Crippen LogP contribution in [0.1, 0.15) is 25.0 Å². The van der Waals surface area contributed by atoms with Gasteiger partial charge in [-0.25, -0.2) is 4.79 Å². The van der Waals surface area contributed by atoms with Gasteiger partial charge in [-0.2, -0.15) is 0 Å². The minimum atomic E-state index is -0.883. The third kappa shape index (κ3) is 4.10. The standard InChI is InChI=1S/C21H23NO3S/c1-15(2)25-20(23)21(13-16-7-5-4-6-8-16)14-26-19(22-21)17-9-11-18(24-3)12-10-17/h4-12,15H,13-14H2,1-3H3. The van der Waals surface area contributed by atoms with Crippen LogP contribution < -0.4 is 4.74 Å². The summed E-state index contributed by atoms with van der Waals surface area (Å²) in [5, 5.41) is 0.865. The molecule has 0 radical (unpaired) electrons. The van der Waals surface area contributed by atoms with E-state index in [0.29, 0.717) is 12.2 Å². The minimum Gasteiger partial charge on any atom is -0.497 e. The van der Waals surface area contributed by atoms with Crippen molar-refractivity contribution in [3.8, 4) is 5.75 Å². The van der Waals surface area contributed by atoms with Gasteiger partial charge in [-0.3, -0.25) is 4.99 Å². The van der Waals surface area contributed by atoms with Crippen LogP contribution in [0.15, 0.2) is 59.6 Å². The summed E-state index contributed by atoms with van der Waals surface area (Å²) in [6, 6.07) is 17.7. The summed E-state index contributed by atoms with van der Waals surface area (Å²) in [5.74, 6) is 1.12. The molecule has 0 amide bonds. The van der Waals surface area contributed by atoms with Gasteiger partial charge in [0.15, 0.2) is 5.54 Å². The molecule has 2 aromatic rings. The summed E-state index contributed by atoms with van der Waals surface area (Å²) in [6.07, 6.45) is 0.367. The Morgan fingerprint density at radius 1 is 1.15 bits per heavy atom. The van der Waals surface area contributed by atoms with E-state index in [2.05, 4.69) is 0 Å². The van der Waals surface area contributed by atoms with Gasteiger partial charge in [0.25, 0.3) is 0 Å². The van der Waals surface area contributed by atoms with E-state index in [1.54, 1.807) is 18.9 Å². The maximum absolute atomic E-state index is 12.9. The van der Waals surface area contributed by atoms with E-state index < -0.39 is 5.54 Å². The second-order valence-electron chi connectivity index (χ2n) is 6.58. The van der Waals surface area contributed by atoms with Gasteiger partial charge in [0.05, 0.1) is 18.3 Å². The molecule has 5 heteroatoms. The molecule has 1 atom stereocenters. The van der Waals surface area contributed by atoms with Gasteiger partial charge in [-0.1, -0.05) is 30.3 Å². The number of methoxy groups -OCH3 is 1. The predicted octanol–water partition coefficient (Wildman–Crippen LogP) is 4.12. The second kappa shape index (κ2) is 7.96. The van der Waals surface area contributed by atoms with Crippen molar-refractivity contribution in [3.05, 3.63) is 65.7 Å². The fourth-order valence-corrected chi connectivity index (χ4v) is 4.05. The Morgan fingerprint density at radius 2 is 1.85 bits per heavy atom. The highest BCUT2D eigenvalue weighted by molar-refractivity contribution is 8.14. The van der Waals surface area contributed by atoms with E-state index in [4.69, 9.17) is 14.5 Å². The molecule has 2 aromatic carbocycles. The van der Waals surface area contributed by atoms with Crippen LogP contribution in [0.3, 0.4) is 0 Å². The van der Waals surface area contributed by atoms with Crippen molar-refractivity contribution in [1.29, 1.82) is 0 Å². The smallest absolute Gasteiger partial charge is 0.335 e. The maximum atomic E-state index is 12.9. The number of thioether (sulfide) groups is 1. The number of hydrogen-bond acceptors (Lipinski definition) is 5. The Morgan fingerprint density at radius 3 is 2.46 bits per heavy atom. The Labute approximate surface area is 158 Å². The lowest BCUT2D eigenvalue weighted by molar-refractivity contribution is -0.152. The third-order valence-electron chi connectivity index (χ3n) is 4.16. The van der Waals surface area contributed by atoms with Crippen LogP contribution in [0.2, 0.25) is 0 Å². The number of rotatable bonds is 6. The Kier molecular flexibility index (Phi) is 5.67. The van der Waals surface area contributed by atoms with Crippen molar-refractivity contribution in [2.75, 3.05) is 12.9 Å². The van der Waals surface area contributed by atoms with Gasteiger partial charge in [-0.05, 0) is 43.7 Å². The highest BCUT2D eigenvalue weighted by Crippen LogP contribution is 2.35. The number of aliphatic imine (C=N–C) groups is 1. The molecule has 3 rings (SSSR count). The number of carbonyl (C=O) groups is 1. The number of nitrogens with zero attached hydrogens (tertiary/aromatic N) is 1. The molecule has 1 heterocycles. The van der Waals surface area contributed by atoms with Gasteiger partial charge in [0, 0.05) is 17.7 Å². The highest BCUT2D eigenvalue weighted by Gasteiger charge is 2.45. The molecule has 0 saturated heterocycles. The monoisotopic (exact) mass is 369 g/mol. The highest BCUT2D eigenvalue weighted by atomic mass is 32.2. The average Bonchev–Trinajstić information content (AvgIpc) is 3.07. The first-order valence-corrected chi connectivity index (χ1v) is 9.63. The molecule has 1 aliphatic heterocycles. The van der Waals surface area contributed by atoms with Crippen LogP contribution in [-0.4, -0.2) is 35.5 Å². The number of ether oxygens (including phenoxy) is 2. The first-order valence-electron chi connectivity index (χ1n) is 8.64.